The molecule has 0 saturated carbocycles. The van der Waals surface area contributed by atoms with Crippen molar-refractivity contribution in [3.8, 4) is 11.5 Å². The molecule has 2 aromatic rings. The first-order chi connectivity index (χ1) is 6.76. The molecule has 74 valence electrons. The van der Waals surface area contributed by atoms with Crippen LogP contribution in [0.2, 0.25) is 4.34 Å². The lowest BCUT2D eigenvalue weighted by Gasteiger charge is -2.00. The molecule has 0 spiro atoms. The molecule has 0 unspecified atom stereocenters. The fourth-order valence-electron chi connectivity index (χ4n) is 1.34. The first kappa shape index (κ1) is 9.62. The lowest BCUT2D eigenvalue weighted by molar-refractivity contribution is 0.413. The first-order valence-electron chi connectivity index (χ1n) is 4.06. The van der Waals surface area contributed by atoms with E-state index in [0.29, 0.717) is 4.34 Å². The van der Waals surface area contributed by atoms with Gasteiger partial charge in [0.2, 0.25) is 0 Å². The Balaban J connectivity index is 2.71. The molecule has 0 bridgehead atoms. The third-order valence-electron chi connectivity index (χ3n) is 2.01. The number of benzene rings is 1. The number of rotatable bonds is 2. The zero-order valence-electron chi connectivity index (χ0n) is 7.83. The summed E-state index contributed by atoms with van der Waals surface area (Å²) in [6, 6.07) is 5.82. The maximum absolute atomic E-state index is 6.02. The Labute approximate surface area is 91.0 Å². The van der Waals surface area contributed by atoms with Crippen molar-refractivity contribution in [3.05, 3.63) is 22.5 Å². The summed E-state index contributed by atoms with van der Waals surface area (Å²) in [4.78, 5) is 0. The highest BCUT2D eigenvalue weighted by molar-refractivity contribution is 7.23. The van der Waals surface area contributed by atoms with Crippen LogP contribution in [0, 0.1) is 0 Å². The minimum atomic E-state index is 0.677. The van der Waals surface area contributed by atoms with Gasteiger partial charge < -0.3 is 9.47 Å². The van der Waals surface area contributed by atoms with Crippen LogP contribution in [0.1, 0.15) is 0 Å². The van der Waals surface area contributed by atoms with Crippen molar-refractivity contribution in [2.75, 3.05) is 14.2 Å². The zero-order valence-corrected chi connectivity index (χ0v) is 9.41. The van der Waals surface area contributed by atoms with Crippen LogP contribution in [0.25, 0.3) is 10.1 Å². The second kappa shape index (κ2) is 3.67. The van der Waals surface area contributed by atoms with E-state index in [-0.39, 0.29) is 0 Å². The summed E-state index contributed by atoms with van der Waals surface area (Å²) >= 11 is 7.52. The summed E-state index contributed by atoms with van der Waals surface area (Å²) < 4.78 is 12.1. The van der Waals surface area contributed by atoms with Crippen LogP contribution in [0.4, 0.5) is 0 Å². The smallest absolute Gasteiger partial charge is 0.156 e. The largest absolute Gasteiger partial charge is 0.497 e. The molecule has 4 heteroatoms. The fraction of sp³-hybridized carbons (Fsp3) is 0.200. The van der Waals surface area contributed by atoms with Crippen LogP contribution >= 0.6 is 22.9 Å². The Hall–Kier alpha value is -0.930. The Morgan fingerprint density at radius 1 is 1.21 bits per heavy atom. The van der Waals surface area contributed by atoms with E-state index >= 15 is 0 Å². The van der Waals surface area contributed by atoms with E-state index in [0.717, 1.165) is 21.6 Å². The summed E-state index contributed by atoms with van der Waals surface area (Å²) in [5.41, 5.74) is 0. The first-order valence-corrected chi connectivity index (χ1v) is 5.25. The number of ether oxygens (including phenoxy) is 2. The van der Waals surface area contributed by atoms with Crippen LogP contribution in [-0.4, -0.2) is 14.2 Å². The Kier molecular flexibility index (Phi) is 2.52. The van der Waals surface area contributed by atoms with Gasteiger partial charge in [-0.15, -0.1) is 11.3 Å². The van der Waals surface area contributed by atoms with Crippen molar-refractivity contribution in [3.63, 3.8) is 0 Å². The van der Waals surface area contributed by atoms with E-state index in [1.54, 1.807) is 14.2 Å². The average molecular weight is 229 g/mol. The highest BCUT2D eigenvalue weighted by Crippen LogP contribution is 2.42. The standard InChI is InChI=1S/C10H9ClO2S/c1-12-6-3-4-8-7(5-6)9(13-2)10(11)14-8/h3-5H,1-2H3. The van der Waals surface area contributed by atoms with Crippen LogP contribution in [-0.2, 0) is 0 Å². The van der Waals surface area contributed by atoms with Gasteiger partial charge in [-0.1, -0.05) is 11.6 Å². The van der Waals surface area contributed by atoms with Gasteiger partial charge in [0.15, 0.2) is 5.75 Å². The summed E-state index contributed by atoms with van der Waals surface area (Å²) in [6.07, 6.45) is 0. The van der Waals surface area contributed by atoms with Crippen molar-refractivity contribution < 1.29 is 9.47 Å². The van der Waals surface area contributed by atoms with Gasteiger partial charge >= 0.3 is 0 Å². The average Bonchev–Trinajstić information content (AvgIpc) is 2.52. The van der Waals surface area contributed by atoms with E-state index in [9.17, 15) is 0 Å². The molecule has 0 aliphatic carbocycles. The number of hydrogen-bond donors (Lipinski definition) is 0. The molecule has 0 aliphatic rings. The second-order valence-corrected chi connectivity index (χ2v) is 4.43. The molecule has 0 atom stereocenters. The summed E-state index contributed by atoms with van der Waals surface area (Å²) in [5, 5.41) is 1.00. The van der Waals surface area contributed by atoms with Crippen molar-refractivity contribution in [2.45, 2.75) is 0 Å². The highest BCUT2D eigenvalue weighted by atomic mass is 35.5. The molecular formula is C10H9ClO2S. The molecule has 0 saturated heterocycles. The molecule has 0 N–H and O–H groups in total. The lowest BCUT2D eigenvalue weighted by Crippen LogP contribution is -1.83. The van der Waals surface area contributed by atoms with E-state index in [2.05, 4.69) is 0 Å². The van der Waals surface area contributed by atoms with Crippen molar-refractivity contribution in [2.24, 2.45) is 0 Å². The monoisotopic (exact) mass is 228 g/mol. The second-order valence-electron chi connectivity index (χ2n) is 2.77. The molecule has 1 aromatic heterocycles. The Morgan fingerprint density at radius 2 is 2.00 bits per heavy atom. The molecule has 0 radical (unpaired) electrons. The summed E-state index contributed by atoms with van der Waals surface area (Å²) in [5.74, 6) is 1.54. The normalized spacial score (nSPS) is 10.5. The topological polar surface area (TPSA) is 18.5 Å². The molecule has 0 aliphatic heterocycles. The zero-order chi connectivity index (χ0) is 10.1. The van der Waals surface area contributed by atoms with Gasteiger partial charge in [0.25, 0.3) is 0 Å². The van der Waals surface area contributed by atoms with Crippen LogP contribution in [0.5, 0.6) is 11.5 Å². The van der Waals surface area contributed by atoms with Gasteiger partial charge in [-0.05, 0) is 18.2 Å². The molecule has 1 heterocycles. The third-order valence-corrected chi connectivity index (χ3v) is 3.36. The highest BCUT2D eigenvalue weighted by Gasteiger charge is 2.11. The predicted molar refractivity (Wildman–Crippen MR) is 59.9 cm³/mol. The SMILES string of the molecule is COc1ccc2sc(Cl)c(OC)c2c1. The molecule has 2 rings (SSSR count). The number of hydrogen-bond acceptors (Lipinski definition) is 3. The van der Waals surface area contributed by atoms with Gasteiger partial charge in [0.1, 0.15) is 10.1 Å². The van der Waals surface area contributed by atoms with Crippen molar-refractivity contribution in [1.29, 1.82) is 0 Å². The van der Waals surface area contributed by atoms with Gasteiger partial charge in [0, 0.05) is 10.1 Å². The van der Waals surface area contributed by atoms with Gasteiger partial charge in [-0.2, -0.15) is 0 Å². The predicted octanol–water partition coefficient (Wildman–Crippen LogP) is 3.57. The van der Waals surface area contributed by atoms with E-state index < -0.39 is 0 Å². The molecular weight excluding hydrogens is 220 g/mol. The Bertz CT molecular complexity index is 464. The quantitative estimate of drug-likeness (QED) is 0.783. The van der Waals surface area contributed by atoms with Crippen LogP contribution in [0.15, 0.2) is 18.2 Å². The van der Waals surface area contributed by atoms with Gasteiger partial charge in [0.05, 0.1) is 14.2 Å². The fourth-order valence-corrected chi connectivity index (χ4v) is 2.65. The molecule has 2 nitrogen and oxygen atoms in total. The van der Waals surface area contributed by atoms with Crippen molar-refractivity contribution in [1.82, 2.24) is 0 Å². The number of thiophene rings is 1. The lowest BCUT2D eigenvalue weighted by atomic mass is 10.2. The van der Waals surface area contributed by atoms with E-state index in [4.69, 9.17) is 21.1 Å². The summed E-state index contributed by atoms with van der Waals surface area (Å²) in [7, 11) is 3.26. The van der Waals surface area contributed by atoms with Gasteiger partial charge in [-0.25, -0.2) is 0 Å². The maximum Gasteiger partial charge on any atom is 0.156 e. The van der Waals surface area contributed by atoms with Crippen molar-refractivity contribution >= 4 is 33.0 Å². The number of fused-ring (bicyclic) bond motifs is 1. The van der Waals surface area contributed by atoms with E-state index in [1.165, 1.54) is 11.3 Å². The third kappa shape index (κ3) is 1.42. The molecule has 0 fully saturated rings. The molecule has 1 aromatic carbocycles. The summed E-state index contributed by atoms with van der Waals surface area (Å²) in [6.45, 7) is 0. The minimum absolute atomic E-state index is 0.677. The number of halogens is 1. The van der Waals surface area contributed by atoms with Gasteiger partial charge in [-0.3, -0.25) is 0 Å². The molecule has 14 heavy (non-hydrogen) atoms. The molecule has 0 amide bonds. The van der Waals surface area contributed by atoms with Crippen LogP contribution in [0.3, 0.4) is 0 Å². The van der Waals surface area contributed by atoms with E-state index in [1.807, 2.05) is 18.2 Å². The number of methoxy groups -OCH3 is 2. The Morgan fingerprint density at radius 3 is 2.64 bits per heavy atom. The van der Waals surface area contributed by atoms with Crippen LogP contribution < -0.4 is 9.47 Å². The maximum atomic E-state index is 6.02. The minimum Gasteiger partial charge on any atom is -0.497 e.